The summed E-state index contributed by atoms with van der Waals surface area (Å²) < 4.78 is 76.1. The number of rotatable bonds is 11. The molecule has 6 rings (SSSR count). The summed E-state index contributed by atoms with van der Waals surface area (Å²) in [6.07, 6.45) is 1.89. The van der Waals surface area contributed by atoms with Gasteiger partial charge in [-0.15, -0.1) is 11.8 Å². The highest BCUT2D eigenvalue weighted by Crippen LogP contribution is 2.40. The molecule has 4 aliphatic rings. The van der Waals surface area contributed by atoms with Crippen LogP contribution >= 0.6 is 11.8 Å². The van der Waals surface area contributed by atoms with Crippen molar-refractivity contribution in [3.63, 3.8) is 0 Å². The van der Waals surface area contributed by atoms with Crippen LogP contribution in [0.15, 0.2) is 23.1 Å². The summed E-state index contributed by atoms with van der Waals surface area (Å²) in [6.45, 7) is 9.06. The number of thioether (sulfide) groups is 1. The molecule has 15 heteroatoms. The number of fused-ring (bicyclic) bond motifs is 1. The SMILES string of the molecule is CS(=O)(=O)N1CCc2c(c(-c3ccc(C(F)(F)F)c(SCCN4CCCCC4)c3)nn2CC(O)CN2CCC(N3CCOCC3)CC2)C1. The maximum Gasteiger partial charge on any atom is 0.417 e. The lowest BCUT2D eigenvalue weighted by Crippen LogP contribution is -2.50. The van der Waals surface area contributed by atoms with E-state index < -0.39 is 27.9 Å². The lowest BCUT2D eigenvalue weighted by molar-refractivity contribution is -0.139. The second kappa shape index (κ2) is 15.7. The van der Waals surface area contributed by atoms with E-state index in [0.29, 0.717) is 41.6 Å². The van der Waals surface area contributed by atoms with E-state index in [2.05, 4.69) is 14.7 Å². The fourth-order valence-electron chi connectivity index (χ4n) is 7.59. The summed E-state index contributed by atoms with van der Waals surface area (Å²) in [4.78, 5) is 7.25. The number of hydrogen-bond donors (Lipinski definition) is 1. The number of halogens is 3. The highest BCUT2D eigenvalue weighted by atomic mass is 32.2. The molecule has 1 N–H and O–H groups in total. The van der Waals surface area contributed by atoms with E-state index in [9.17, 15) is 26.7 Å². The molecule has 1 unspecified atom stereocenters. The van der Waals surface area contributed by atoms with Crippen molar-refractivity contribution < 1.29 is 31.4 Å². The third kappa shape index (κ3) is 8.95. The Labute approximate surface area is 286 Å². The van der Waals surface area contributed by atoms with Gasteiger partial charge in [-0.3, -0.25) is 9.58 Å². The Bertz CT molecular complexity index is 1490. The van der Waals surface area contributed by atoms with Gasteiger partial charge in [0.05, 0.1) is 43.4 Å². The van der Waals surface area contributed by atoms with Gasteiger partial charge in [-0.05, 0) is 64.0 Å². The first kappa shape index (κ1) is 36.1. The van der Waals surface area contributed by atoms with Crippen molar-refractivity contribution in [1.82, 2.24) is 28.8 Å². The van der Waals surface area contributed by atoms with Crippen molar-refractivity contribution in [2.24, 2.45) is 0 Å². The molecule has 48 heavy (non-hydrogen) atoms. The first-order valence-corrected chi connectivity index (χ1v) is 20.1. The predicted octanol–water partition coefficient (Wildman–Crippen LogP) is 3.62. The van der Waals surface area contributed by atoms with Crippen LogP contribution in [0.3, 0.4) is 0 Å². The number of aromatic nitrogens is 2. The van der Waals surface area contributed by atoms with Crippen LogP contribution in [0.1, 0.15) is 48.9 Å². The van der Waals surface area contributed by atoms with Gasteiger partial charge in [0.15, 0.2) is 0 Å². The van der Waals surface area contributed by atoms with Crippen LogP contribution in [0, 0.1) is 0 Å². The number of benzene rings is 1. The quantitative estimate of drug-likeness (QED) is 0.351. The van der Waals surface area contributed by atoms with Crippen molar-refractivity contribution in [3.8, 4) is 11.3 Å². The number of nitrogens with zero attached hydrogens (tertiary/aromatic N) is 6. The lowest BCUT2D eigenvalue weighted by Gasteiger charge is -2.40. The molecule has 0 amide bonds. The Morgan fingerprint density at radius 3 is 2.42 bits per heavy atom. The van der Waals surface area contributed by atoms with Crippen molar-refractivity contribution in [1.29, 1.82) is 0 Å². The second-order valence-electron chi connectivity index (χ2n) is 13.6. The minimum atomic E-state index is -4.50. The molecule has 2 aromatic rings. The summed E-state index contributed by atoms with van der Waals surface area (Å²) in [7, 11) is -3.50. The highest BCUT2D eigenvalue weighted by molar-refractivity contribution is 7.99. The van der Waals surface area contributed by atoms with Gasteiger partial charge >= 0.3 is 6.18 Å². The normalized spacial score (nSPS) is 22.2. The molecule has 0 saturated carbocycles. The molecule has 5 heterocycles. The number of piperidine rings is 2. The Kier molecular flexibility index (Phi) is 11.8. The summed E-state index contributed by atoms with van der Waals surface area (Å²) in [5.74, 6) is 0.539. The molecule has 0 spiro atoms. The van der Waals surface area contributed by atoms with Gasteiger partial charge in [0.25, 0.3) is 0 Å². The zero-order valence-corrected chi connectivity index (χ0v) is 29.5. The van der Waals surface area contributed by atoms with Crippen LogP contribution in [0.4, 0.5) is 13.2 Å². The zero-order chi connectivity index (χ0) is 33.9. The van der Waals surface area contributed by atoms with E-state index in [1.807, 2.05) is 0 Å². The molecule has 10 nitrogen and oxygen atoms in total. The van der Waals surface area contributed by atoms with Crippen molar-refractivity contribution in [2.45, 2.75) is 74.8 Å². The van der Waals surface area contributed by atoms with Crippen molar-refractivity contribution >= 4 is 21.8 Å². The van der Waals surface area contributed by atoms with Crippen molar-refractivity contribution in [2.75, 3.05) is 84.1 Å². The average molecular weight is 715 g/mol. The van der Waals surface area contributed by atoms with E-state index in [1.54, 1.807) is 10.7 Å². The van der Waals surface area contributed by atoms with Gasteiger partial charge in [-0.2, -0.15) is 22.6 Å². The molecule has 3 fully saturated rings. The monoisotopic (exact) mass is 714 g/mol. The number of aliphatic hydroxyl groups is 1. The molecule has 0 bridgehead atoms. The smallest absolute Gasteiger partial charge is 0.390 e. The number of sulfonamides is 1. The third-order valence-electron chi connectivity index (χ3n) is 10.2. The van der Waals surface area contributed by atoms with Crippen LogP contribution in [-0.4, -0.2) is 139 Å². The highest BCUT2D eigenvalue weighted by Gasteiger charge is 2.35. The number of alkyl halides is 3. The van der Waals surface area contributed by atoms with E-state index in [-0.39, 0.29) is 24.5 Å². The van der Waals surface area contributed by atoms with E-state index in [4.69, 9.17) is 9.84 Å². The summed E-state index contributed by atoms with van der Waals surface area (Å²) in [6, 6.07) is 4.66. The number of hydrogen-bond acceptors (Lipinski definition) is 9. The van der Waals surface area contributed by atoms with Crippen LogP contribution < -0.4 is 0 Å². The number of morpholine rings is 1. The van der Waals surface area contributed by atoms with Gasteiger partial charge in [0.2, 0.25) is 10.0 Å². The topological polar surface area (TPSA) is 94.4 Å². The number of β-amino-alcohol motifs (C(OH)–C–C–N with tert-alkyl or cyclic N) is 1. The molecular formula is C33H49F3N6O4S2. The molecule has 3 saturated heterocycles. The van der Waals surface area contributed by atoms with Crippen LogP contribution in [0.5, 0.6) is 0 Å². The van der Waals surface area contributed by atoms with E-state index >= 15 is 0 Å². The number of likely N-dealkylation sites (tertiary alicyclic amines) is 2. The second-order valence-corrected chi connectivity index (χ2v) is 16.7. The Morgan fingerprint density at radius 1 is 1.00 bits per heavy atom. The Hall–Kier alpha value is -1.72. The van der Waals surface area contributed by atoms with Crippen LogP contribution in [-0.2, 0) is 40.4 Å². The minimum absolute atomic E-state index is 0.0904. The summed E-state index contributed by atoms with van der Waals surface area (Å²) in [5.41, 5.74) is 1.84. The van der Waals surface area contributed by atoms with E-state index in [1.165, 1.54) is 34.8 Å². The molecular weight excluding hydrogens is 666 g/mol. The third-order valence-corrected chi connectivity index (χ3v) is 12.5. The standard InChI is InChI=1S/C33H49F3N6O4S2/c1-48(44,45)41-14-9-30-28(24-41)32(25-5-6-29(33(34,35)36)31(21-25)47-20-17-38-10-3-2-4-11-38)37-42(30)23-27(43)22-39-12-7-26(8-13-39)40-15-18-46-19-16-40/h5-6,21,26-27,43H,2-4,7-20,22-24H2,1H3. The lowest BCUT2D eigenvalue weighted by atomic mass is 10.0. The number of ether oxygens (including phenoxy) is 1. The maximum absolute atomic E-state index is 14.1. The van der Waals surface area contributed by atoms with Gasteiger partial charge < -0.3 is 19.6 Å². The molecule has 0 aliphatic carbocycles. The minimum Gasteiger partial charge on any atom is -0.390 e. The molecule has 0 radical (unpaired) electrons. The largest absolute Gasteiger partial charge is 0.417 e. The fraction of sp³-hybridized carbons (Fsp3) is 0.727. The van der Waals surface area contributed by atoms with Gasteiger partial charge in [0.1, 0.15) is 0 Å². The Morgan fingerprint density at radius 2 is 1.73 bits per heavy atom. The van der Waals surface area contributed by atoms with Crippen LogP contribution in [0.25, 0.3) is 11.3 Å². The fourth-order valence-corrected chi connectivity index (χ4v) is 9.49. The predicted molar refractivity (Wildman–Crippen MR) is 180 cm³/mol. The van der Waals surface area contributed by atoms with Crippen LogP contribution in [0.2, 0.25) is 0 Å². The van der Waals surface area contributed by atoms with Crippen molar-refractivity contribution in [3.05, 3.63) is 35.0 Å². The Balaban J connectivity index is 1.20. The zero-order valence-electron chi connectivity index (χ0n) is 27.8. The summed E-state index contributed by atoms with van der Waals surface area (Å²) >= 11 is 1.21. The summed E-state index contributed by atoms with van der Waals surface area (Å²) in [5, 5.41) is 16.1. The first-order chi connectivity index (χ1) is 23.0. The maximum atomic E-state index is 14.1. The van der Waals surface area contributed by atoms with Gasteiger partial charge in [0, 0.05) is 79.2 Å². The van der Waals surface area contributed by atoms with Gasteiger partial charge in [-0.1, -0.05) is 12.5 Å². The molecule has 1 atom stereocenters. The average Bonchev–Trinajstić information content (AvgIpc) is 3.42. The molecule has 4 aliphatic heterocycles. The van der Waals surface area contributed by atoms with Gasteiger partial charge in [-0.25, -0.2) is 8.42 Å². The van der Waals surface area contributed by atoms with E-state index in [0.717, 1.165) is 96.5 Å². The molecule has 1 aromatic heterocycles. The molecule has 268 valence electrons. The first-order valence-electron chi connectivity index (χ1n) is 17.3. The molecule has 1 aromatic carbocycles. The number of aliphatic hydroxyl groups excluding tert-OH is 1.